The fraction of sp³-hybridized carbons (Fsp3) is 0.312. The van der Waals surface area contributed by atoms with E-state index in [9.17, 15) is 9.59 Å². The van der Waals surface area contributed by atoms with Crippen LogP contribution < -0.4 is 5.56 Å². The summed E-state index contributed by atoms with van der Waals surface area (Å²) in [4.78, 5) is 33.0. The number of nitrogens with zero attached hydrogens (tertiary/aromatic N) is 1. The van der Waals surface area contributed by atoms with Crippen LogP contribution in [0.5, 0.6) is 0 Å². The lowest BCUT2D eigenvalue weighted by Crippen LogP contribution is -2.16. The number of hydrogen-bond donors (Lipinski definition) is 1. The van der Waals surface area contributed by atoms with E-state index in [1.807, 2.05) is 29.8 Å². The Morgan fingerprint density at radius 2 is 2.26 bits per heavy atom. The zero-order valence-corrected chi connectivity index (χ0v) is 14.4. The van der Waals surface area contributed by atoms with E-state index in [4.69, 9.17) is 4.74 Å². The molecule has 0 saturated carbocycles. The summed E-state index contributed by atoms with van der Waals surface area (Å²) in [6, 6.07) is 3.93. The highest BCUT2D eigenvalue weighted by molar-refractivity contribution is 7.18. The second kappa shape index (κ2) is 6.64. The van der Waals surface area contributed by atoms with Crippen LogP contribution in [0.15, 0.2) is 27.7 Å². The van der Waals surface area contributed by atoms with Crippen molar-refractivity contribution in [2.75, 3.05) is 0 Å². The minimum Gasteiger partial charge on any atom is -0.454 e. The van der Waals surface area contributed by atoms with Gasteiger partial charge in [-0.05, 0) is 24.8 Å². The van der Waals surface area contributed by atoms with E-state index in [-0.39, 0.29) is 11.5 Å². The SMILES string of the molecule is CCCC(=O)O[C@H](C)c1nc2scc(-c3cccs3)c2c(=O)[nH]1. The molecule has 3 aromatic heterocycles. The number of fused-ring (bicyclic) bond motifs is 1. The predicted octanol–water partition coefficient (Wildman–Crippen LogP) is 4.12. The zero-order chi connectivity index (χ0) is 16.4. The van der Waals surface area contributed by atoms with E-state index in [0.717, 1.165) is 16.9 Å². The standard InChI is InChI=1S/C16H16N2O3S2/c1-3-5-12(19)21-9(2)14-17-15(20)13-10(8-23-16(13)18-14)11-6-4-7-22-11/h4,6-9H,3,5H2,1-2H3,(H,17,18,20)/t9-/m1/s1. The number of H-pyrrole nitrogens is 1. The van der Waals surface area contributed by atoms with Crippen LogP contribution >= 0.6 is 22.7 Å². The minimum absolute atomic E-state index is 0.201. The Morgan fingerprint density at radius 3 is 2.96 bits per heavy atom. The quantitative estimate of drug-likeness (QED) is 0.704. The van der Waals surface area contributed by atoms with Crippen LogP contribution in [0.2, 0.25) is 0 Å². The first kappa shape index (κ1) is 15.9. The van der Waals surface area contributed by atoms with Crippen molar-refractivity contribution in [3.63, 3.8) is 0 Å². The molecule has 23 heavy (non-hydrogen) atoms. The molecule has 0 unspecified atom stereocenters. The van der Waals surface area contributed by atoms with Crippen LogP contribution in [0.1, 0.15) is 38.6 Å². The van der Waals surface area contributed by atoms with Gasteiger partial charge in [0, 0.05) is 22.2 Å². The first-order valence-electron chi connectivity index (χ1n) is 7.35. The summed E-state index contributed by atoms with van der Waals surface area (Å²) in [5.41, 5.74) is 0.698. The van der Waals surface area contributed by atoms with Crippen molar-refractivity contribution < 1.29 is 9.53 Å². The highest BCUT2D eigenvalue weighted by Gasteiger charge is 2.18. The van der Waals surface area contributed by atoms with Gasteiger partial charge in [-0.1, -0.05) is 13.0 Å². The monoisotopic (exact) mass is 348 g/mol. The first-order chi connectivity index (χ1) is 11.1. The van der Waals surface area contributed by atoms with Crippen LogP contribution in [0, 0.1) is 0 Å². The summed E-state index contributed by atoms with van der Waals surface area (Å²) in [5, 5.41) is 4.51. The Balaban J connectivity index is 1.97. The number of hydrogen-bond acceptors (Lipinski definition) is 6. The third-order valence-corrected chi connectivity index (χ3v) is 5.17. The Hall–Kier alpha value is -1.99. The second-order valence-corrected chi connectivity index (χ2v) is 6.95. The normalized spacial score (nSPS) is 12.4. The van der Waals surface area contributed by atoms with Gasteiger partial charge in [0.05, 0.1) is 5.39 Å². The van der Waals surface area contributed by atoms with Gasteiger partial charge in [-0.15, -0.1) is 22.7 Å². The number of ether oxygens (including phenoxy) is 1. The highest BCUT2D eigenvalue weighted by Crippen LogP contribution is 2.33. The van der Waals surface area contributed by atoms with Gasteiger partial charge in [-0.3, -0.25) is 9.59 Å². The van der Waals surface area contributed by atoms with E-state index in [0.29, 0.717) is 22.5 Å². The van der Waals surface area contributed by atoms with Gasteiger partial charge in [-0.25, -0.2) is 4.98 Å². The van der Waals surface area contributed by atoms with Crippen LogP contribution in [0.25, 0.3) is 20.7 Å². The molecule has 1 N–H and O–H groups in total. The average Bonchev–Trinajstić information content (AvgIpc) is 3.15. The van der Waals surface area contributed by atoms with E-state index < -0.39 is 6.10 Å². The topological polar surface area (TPSA) is 72.0 Å². The third-order valence-electron chi connectivity index (χ3n) is 3.40. The largest absolute Gasteiger partial charge is 0.454 e. The number of carbonyl (C=O) groups excluding carboxylic acids is 1. The van der Waals surface area contributed by atoms with Gasteiger partial charge in [-0.2, -0.15) is 0 Å². The molecule has 3 rings (SSSR count). The molecule has 0 amide bonds. The Bertz CT molecular complexity index is 881. The van der Waals surface area contributed by atoms with Crippen molar-refractivity contribution >= 4 is 38.9 Å². The molecular weight excluding hydrogens is 332 g/mol. The molecule has 120 valence electrons. The highest BCUT2D eigenvalue weighted by atomic mass is 32.1. The Morgan fingerprint density at radius 1 is 1.43 bits per heavy atom. The van der Waals surface area contributed by atoms with Crippen LogP contribution in [0.4, 0.5) is 0 Å². The molecular formula is C16H16N2O3S2. The van der Waals surface area contributed by atoms with Gasteiger partial charge in [0.15, 0.2) is 11.9 Å². The van der Waals surface area contributed by atoms with Crippen LogP contribution in [-0.4, -0.2) is 15.9 Å². The summed E-state index contributed by atoms with van der Waals surface area (Å²) in [6.45, 7) is 3.63. The maximum Gasteiger partial charge on any atom is 0.306 e. The second-order valence-electron chi connectivity index (χ2n) is 5.14. The van der Waals surface area contributed by atoms with Crippen molar-refractivity contribution in [3.05, 3.63) is 39.1 Å². The molecule has 0 radical (unpaired) electrons. The average molecular weight is 348 g/mol. The summed E-state index contributed by atoms with van der Waals surface area (Å²) < 4.78 is 5.29. The van der Waals surface area contributed by atoms with Crippen LogP contribution in [0.3, 0.4) is 0 Å². The number of rotatable bonds is 5. The lowest BCUT2D eigenvalue weighted by molar-refractivity contribution is -0.149. The molecule has 3 aromatic rings. The maximum atomic E-state index is 12.5. The van der Waals surface area contributed by atoms with E-state index in [1.54, 1.807) is 18.3 Å². The lowest BCUT2D eigenvalue weighted by atomic mass is 10.2. The number of esters is 1. The summed E-state index contributed by atoms with van der Waals surface area (Å²) in [6.07, 6.45) is 0.514. The molecule has 3 heterocycles. The molecule has 0 saturated heterocycles. The number of aromatic nitrogens is 2. The summed E-state index contributed by atoms with van der Waals surface area (Å²) in [5.74, 6) is 0.0970. The number of carbonyl (C=O) groups is 1. The van der Waals surface area contributed by atoms with Crippen molar-refractivity contribution in [3.8, 4) is 10.4 Å². The van der Waals surface area contributed by atoms with Gasteiger partial charge in [0.2, 0.25) is 0 Å². The summed E-state index contributed by atoms with van der Waals surface area (Å²) in [7, 11) is 0. The third kappa shape index (κ3) is 3.20. The molecule has 0 aromatic carbocycles. The molecule has 1 atom stereocenters. The van der Waals surface area contributed by atoms with Gasteiger partial charge >= 0.3 is 5.97 Å². The van der Waals surface area contributed by atoms with Crippen molar-refractivity contribution in [2.45, 2.75) is 32.8 Å². The molecule has 0 spiro atoms. The molecule has 0 aliphatic carbocycles. The Kier molecular flexibility index (Phi) is 4.58. The van der Waals surface area contributed by atoms with Gasteiger partial charge in [0.1, 0.15) is 4.83 Å². The molecule has 0 aliphatic rings. The molecule has 7 heteroatoms. The minimum atomic E-state index is -0.571. The van der Waals surface area contributed by atoms with E-state index in [1.165, 1.54) is 11.3 Å². The van der Waals surface area contributed by atoms with E-state index in [2.05, 4.69) is 9.97 Å². The molecule has 0 bridgehead atoms. The predicted molar refractivity (Wildman–Crippen MR) is 93.0 cm³/mol. The molecule has 0 fully saturated rings. The smallest absolute Gasteiger partial charge is 0.306 e. The Labute approximate surface area is 141 Å². The van der Waals surface area contributed by atoms with E-state index >= 15 is 0 Å². The van der Waals surface area contributed by atoms with Crippen molar-refractivity contribution in [1.29, 1.82) is 0 Å². The molecule has 0 aliphatic heterocycles. The van der Waals surface area contributed by atoms with Crippen LogP contribution in [-0.2, 0) is 9.53 Å². The fourth-order valence-electron chi connectivity index (χ4n) is 2.29. The van der Waals surface area contributed by atoms with Gasteiger partial charge < -0.3 is 9.72 Å². The first-order valence-corrected chi connectivity index (χ1v) is 9.10. The fourth-order valence-corrected chi connectivity index (χ4v) is 4.06. The summed E-state index contributed by atoms with van der Waals surface area (Å²) >= 11 is 3.01. The molecule has 5 nitrogen and oxygen atoms in total. The lowest BCUT2D eigenvalue weighted by Gasteiger charge is -2.12. The number of aromatic amines is 1. The van der Waals surface area contributed by atoms with Crippen molar-refractivity contribution in [1.82, 2.24) is 9.97 Å². The number of nitrogens with one attached hydrogen (secondary N) is 1. The maximum absolute atomic E-state index is 12.5. The zero-order valence-electron chi connectivity index (χ0n) is 12.8. The van der Waals surface area contributed by atoms with Gasteiger partial charge in [0.25, 0.3) is 5.56 Å². The number of thiophene rings is 2. The van der Waals surface area contributed by atoms with Crippen molar-refractivity contribution in [2.24, 2.45) is 0 Å².